The maximum Gasteiger partial charge on any atom is 0.416 e. The molecule has 5 nitrogen and oxygen atoms in total. The molecule has 27 heavy (non-hydrogen) atoms. The SMILES string of the molecule is CC(C)c1noc2ncc(C(=O)N[C@H](C)c3cccc(C(F)(F)F)c3)cc12. The van der Waals surface area contributed by atoms with Crippen molar-refractivity contribution in [3.63, 3.8) is 0 Å². The molecule has 142 valence electrons. The van der Waals surface area contributed by atoms with Crippen LogP contribution >= 0.6 is 0 Å². The van der Waals surface area contributed by atoms with Gasteiger partial charge in [-0.3, -0.25) is 4.79 Å². The van der Waals surface area contributed by atoms with Crippen LogP contribution < -0.4 is 5.32 Å². The van der Waals surface area contributed by atoms with Gasteiger partial charge in [0, 0.05) is 6.20 Å². The van der Waals surface area contributed by atoms with E-state index in [-0.39, 0.29) is 11.5 Å². The van der Waals surface area contributed by atoms with E-state index in [2.05, 4.69) is 15.5 Å². The molecule has 0 radical (unpaired) electrons. The van der Waals surface area contributed by atoms with Crippen LogP contribution in [0.1, 0.15) is 59.9 Å². The average Bonchev–Trinajstić information content (AvgIpc) is 3.04. The summed E-state index contributed by atoms with van der Waals surface area (Å²) in [6.45, 7) is 5.51. The van der Waals surface area contributed by atoms with Crippen LogP contribution in [0, 0.1) is 0 Å². The van der Waals surface area contributed by atoms with Crippen LogP contribution in [-0.4, -0.2) is 16.0 Å². The van der Waals surface area contributed by atoms with Gasteiger partial charge in [-0.15, -0.1) is 0 Å². The minimum atomic E-state index is -4.43. The van der Waals surface area contributed by atoms with Gasteiger partial charge in [-0.1, -0.05) is 31.1 Å². The second-order valence-electron chi connectivity index (χ2n) is 6.62. The molecule has 0 aliphatic rings. The number of hydrogen-bond donors (Lipinski definition) is 1. The lowest BCUT2D eigenvalue weighted by atomic mass is 10.0. The normalized spacial score (nSPS) is 13.1. The minimum Gasteiger partial charge on any atom is -0.345 e. The molecule has 2 aromatic heterocycles. The number of fused-ring (bicyclic) bond motifs is 1. The van der Waals surface area contributed by atoms with Crippen LogP contribution in [-0.2, 0) is 6.18 Å². The van der Waals surface area contributed by atoms with Gasteiger partial charge in [0.15, 0.2) is 0 Å². The summed E-state index contributed by atoms with van der Waals surface area (Å²) in [5.74, 6) is -0.347. The van der Waals surface area contributed by atoms with Crippen LogP contribution in [0.3, 0.4) is 0 Å². The van der Waals surface area contributed by atoms with Crippen LogP contribution in [0.5, 0.6) is 0 Å². The quantitative estimate of drug-likeness (QED) is 0.705. The van der Waals surface area contributed by atoms with Crippen molar-refractivity contribution in [1.82, 2.24) is 15.5 Å². The molecular formula is C19H18F3N3O2. The lowest BCUT2D eigenvalue weighted by Gasteiger charge is -2.16. The Morgan fingerprint density at radius 3 is 2.59 bits per heavy atom. The summed E-state index contributed by atoms with van der Waals surface area (Å²) in [5.41, 5.74) is 0.918. The van der Waals surface area contributed by atoms with E-state index in [1.165, 1.54) is 12.3 Å². The number of hydrogen-bond acceptors (Lipinski definition) is 4. The predicted molar refractivity (Wildman–Crippen MR) is 93.2 cm³/mol. The van der Waals surface area contributed by atoms with Crippen molar-refractivity contribution in [3.05, 3.63) is 58.9 Å². The number of aromatic nitrogens is 2. The van der Waals surface area contributed by atoms with Crippen molar-refractivity contribution in [3.8, 4) is 0 Å². The van der Waals surface area contributed by atoms with Gasteiger partial charge in [-0.2, -0.15) is 13.2 Å². The molecule has 0 unspecified atom stereocenters. The number of nitrogens with one attached hydrogen (secondary N) is 1. The number of benzene rings is 1. The third-order valence-electron chi connectivity index (χ3n) is 4.23. The average molecular weight is 377 g/mol. The van der Waals surface area contributed by atoms with Crippen LogP contribution in [0.2, 0.25) is 0 Å². The molecule has 3 rings (SSSR count). The second-order valence-corrected chi connectivity index (χ2v) is 6.62. The van der Waals surface area contributed by atoms with Crippen LogP contribution in [0.25, 0.3) is 11.1 Å². The number of amides is 1. The highest BCUT2D eigenvalue weighted by Gasteiger charge is 2.30. The number of halogens is 3. The molecule has 0 saturated carbocycles. The molecule has 1 aromatic carbocycles. The lowest BCUT2D eigenvalue weighted by Crippen LogP contribution is -2.27. The summed E-state index contributed by atoms with van der Waals surface area (Å²) in [7, 11) is 0. The first kappa shape index (κ1) is 18.9. The van der Waals surface area contributed by atoms with E-state index in [1.54, 1.807) is 19.1 Å². The summed E-state index contributed by atoms with van der Waals surface area (Å²) < 4.78 is 43.7. The fourth-order valence-corrected chi connectivity index (χ4v) is 2.74. The smallest absolute Gasteiger partial charge is 0.345 e. The highest BCUT2D eigenvalue weighted by molar-refractivity contribution is 5.97. The molecule has 8 heteroatoms. The maximum atomic E-state index is 12.9. The van der Waals surface area contributed by atoms with E-state index in [9.17, 15) is 18.0 Å². The van der Waals surface area contributed by atoms with Crippen molar-refractivity contribution >= 4 is 17.0 Å². The summed E-state index contributed by atoms with van der Waals surface area (Å²) in [6, 6.07) is 5.90. The number of pyridine rings is 1. The fraction of sp³-hybridized carbons (Fsp3) is 0.316. The number of rotatable bonds is 4. The Morgan fingerprint density at radius 2 is 1.93 bits per heavy atom. The van der Waals surface area contributed by atoms with E-state index in [4.69, 9.17) is 4.52 Å². The van der Waals surface area contributed by atoms with Crippen LogP contribution in [0.4, 0.5) is 13.2 Å². The van der Waals surface area contributed by atoms with Crippen molar-refractivity contribution < 1.29 is 22.5 Å². The van der Waals surface area contributed by atoms with Gasteiger partial charge in [0.25, 0.3) is 11.6 Å². The molecule has 1 atom stereocenters. The van der Waals surface area contributed by atoms with Crippen LogP contribution in [0.15, 0.2) is 41.1 Å². The highest BCUT2D eigenvalue weighted by Crippen LogP contribution is 2.31. The van der Waals surface area contributed by atoms with Gasteiger partial charge < -0.3 is 9.84 Å². The molecule has 0 aliphatic carbocycles. The molecule has 0 fully saturated rings. The van der Waals surface area contributed by atoms with E-state index in [0.29, 0.717) is 22.4 Å². The molecule has 0 bridgehead atoms. The standard InChI is InChI=1S/C19H18F3N3O2/c1-10(2)16-15-8-13(9-23-18(15)27-25-16)17(26)24-11(3)12-5-4-6-14(7-12)19(20,21)22/h4-11H,1-3H3,(H,24,26)/t11-/m1/s1. The van der Waals surface area contributed by atoms with E-state index >= 15 is 0 Å². The van der Waals surface area contributed by atoms with Gasteiger partial charge >= 0.3 is 6.18 Å². The zero-order valence-electron chi connectivity index (χ0n) is 15.0. The van der Waals surface area contributed by atoms with Gasteiger partial charge in [0.1, 0.15) is 0 Å². The van der Waals surface area contributed by atoms with E-state index in [1.807, 2.05) is 13.8 Å². The fourth-order valence-electron chi connectivity index (χ4n) is 2.74. The molecule has 2 heterocycles. The van der Waals surface area contributed by atoms with Crippen molar-refractivity contribution in [2.24, 2.45) is 0 Å². The van der Waals surface area contributed by atoms with Crippen molar-refractivity contribution in [2.75, 3.05) is 0 Å². The Kier molecular flexibility index (Phi) is 4.91. The monoisotopic (exact) mass is 377 g/mol. The molecular weight excluding hydrogens is 359 g/mol. The van der Waals surface area contributed by atoms with E-state index < -0.39 is 23.7 Å². The number of carbonyl (C=O) groups excluding carboxylic acids is 1. The third-order valence-corrected chi connectivity index (χ3v) is 4.23. The topological polar surface area (TPSA) is 68.0 Å². The zero-order chi connectivity index (χ0) is 19.8. The number of alkyl halides is 3. The van der Waals surface area contributed by atoms with Gasteiger partial charge in [-0.05, 0) is 36.6 Å². The lowest BCUT2D eigenvalue weighted by molar-refractivity contribution is -0.137. The summed E-state index contributed by atoms with van der Waals surface area (Å²) in [6.07, 6.45) is -3.08. The molecule has 1 amide bonds. The van der Waals surface area contributed by atoms with Crippen molar-refractivity contribution in [2.45, 2.75) is 38.9 Å². The summed E-state index contributed by atoms with van der Waals surface area (Å²) in [4.78, 5) is 16.6. The summed E-state index contributed by atoms with van der Waals surface area (Å²) in [5, 5.41) is 7.30. The first-order chi connectivity index (χ1) is 12.7. The van der Waals surface area contributed by atoms with E-state index in [0.717, 1.165) is 12.1 Å². The maximum absolute atomic E-state index is 12.9. The molecule has 0 saturated heterocycles. The highest BCUT2D eigenvalue weighted by atomic mass is 19.4. The first-order valence-electron chi connectivity index (χ1n) is 8.40. The number of nitrogens with zero attached hydrogens (tertiary/aromatic N) is 2. The largest absolute Gasteiger partial charge is 0.416 e. The Bertz CT molecular complexity index is 980. The predicted octanol–water partition coefficient (Wildman–Crippen LogP) is 4.86. The Morgan fingerprint density at radius 1 is 1.19 bits per heavy atom. The third kappa shape index (κ3) is 3.94. The Labute approximate surface area is 153 Å². The van der Waals surface area contributed by atoms with Gasteiger partial charge in [0.2, 0.25) is 0 Å². The number of carbonyl (C=O) groups is 1. The Hall–Kier alpha value is -2.90. The van der Waals surface area contributed by atoms with Gasteiger partial charge in [-0.25, -0.2) is 4.98 Å². The minimum absolute atomic E-state index is 0.0930. The second kappa shape index (κ2) is 7.02. The molecule has 0 spiro atoms. The summed E-state index contributed by atoms with van der Waals surface area (Å²) >= 11 is 0. The zero-order valence-corrected chi connectivity index (χ0v) is 15.0. The Balaban J connectivity index is 1.83. The molecule has 1 N–H and O–H groups in total. The van der Waals surface area contributed by atoms with Crippen molar-refractivity contribution in [1.29, 1.82) is 0 Å². The molecule has 0 aliphatic heterocycles. The first-order valence-corrected chi connectivity index (χ1v) is 8.40. The van der Waals surface area contributed by atoms with Gasteiger partial charge in [0.05, 0.1) is 28.2 Å². The molecule has 3 aromatic rings.